The molecule has 2 nitrogen and oxygen atoms in total. The topological polar surface area (TPSA) is 15.3 Å². The summed E-state index contributed by atoms with van der Waals surface area (Å²) in [6, 6.07) is 8.16. The molecule has 0 radical (unpaired) electrons. The van der Waals surface area contributed by atoms with Crippen LogP contribution in [0, 0.1) is 5.41 Å². The van der Waals surface area contributed by atoms with Gasteiger partial charge in [0.25, 0.3) is 0 Å². The summed E-state index contributed by atoms with van der Waals surface area (Å²) < 4.78 is 0. The molecule has 0 aromatic heterocycles. The van der Waals surface area contributed by atoms with E-state index in [4.69, 9.17) is 11.6 Å². The molecule has 3 heteroatoms. The molecule has 1 aromatic carbocycles. The van der Waals surface area contributed by atoms with Gasteiger partial charge >= 0.3 is 0 Å². The number of halogens is 1. The first-order valence-electron chi connectivity index (χ1n) is 6.54. The summed E-state index contributed by atoms with van der Waals surface area (Å²) in [5.74, 6) is 0. The number of hydrogen-bond acceptors (Lipinski definition) is 2. The Morgan fingerprint density at radius 3 is 2.56 bits per heavy atom. The predicted molar refractivity (Wildman–Crippen MR) is 79.5 cm³/mol. The van der Waals surface area contributed by atoms with E-state index < -0.39 is 0 Å². The van der Waals surface area contributed by atoms with Gasteiger partial charge in [0.1, 0.15) is 0 Å². The first kappa shape index (κ1) is 13.7. The van der Waals surface area contributed by atoms with Crippen molar-refractivity contribution in [3.05, 3.63) is 29.3 Å². The summed E-state index contributed by atoms with van der Waals surface area (Å²) in [7, 11) is 0. The van der Waals surface area contributed by atoms with Crippen LogP contribution in [-0.2, 0) is 0 Å². The highest BCUT2D eigenvalue weighted by molar-refractivity contribution is 6.30. The first-order valence-corrected chi connectivity index (χ1v) is 6.92. The van der Waals surface area contributed by atoms with Crippen molar-refractivity contribution in [2.45, 2.75) is 33.2 Å². The molecule has 100 valence electrons. The van der Waals surface area contributed by atoms with Gasteiger partial charge in [-0.15, -0.1) is 0 Å². The van der Waals surface area contributed by atoms with Crippen LogP contribution in [-0.4, -0.2) is 25.2 Å². The van der Waals surface area contributed by atoms with E-state index in [1.165, 1.54) is 5.69 Å². The summed E-state index contributed by atoms with van der Waals surface area (Å²) in [5, 5.41) is 4.37. The van der Waals surface area contributed by atoms with Crippen LogP contribution >= 0.6 is 11.6 Å². The summed E-state index contributed by atoms with van der Waals surface area (Å²) in [6.07, 6.45) is 0. The molecule has 1 N–H and O–H groups in total. The molecule has 0 atom stereocenters. The number of rotatable bonds is 1. The Balaban J connectivity index is 2.37. The Morgan fingerprint density at radius 1 is 1.17 bits per heavy atom. The lowest BCUT2D eigenvalue weighted by molar-refractivity contribution is 0.365. The third kappa shape index (κ3) is 2.99. The minimum absolute atomic E-state index is 0.0957. The van der Waals surface area contributed by atoms with E-state index in [9.17, 15) is 0 Å². The quantitative estimate of drug-likeness (QED) is 0.836. The standard InChI is InChI=1S/C15H23ClN2/c1-14(2)9-17-10-15(3,4)18(11-14)13-7-5-6-12(16)8-13/h5-8,17H,9-11H2,1-4H3. The van der Waals surface area contributed by atoms with E-state index in [2.05, 4.69) is 50.0 Å². The Bertz CT molecular complexity index is 426. The fraction of sp³-hybridized carbons (Fsp3) is 0.600. The minimum atomic E-state index is 0.0957. The van der Waals surface area contributed by atoms with Crippen molar-refractivity contribution >= 4 is 17.3 Å². The van der Waals surface area contributed by atoms with Crippen molar-refractivity contribution in [3.8, 4) is 0 Å². The highest BCUT2D eigenvalue weighted by Gasteiger charge is 2.35. The molecule has 18 heavy (non-hydrogen) atoms. The van der Waals surface area contributed by atoms with E-state index >= 15 is 0 Å². The van der Waals surface area contributed by atoms with Crippen LogP contribution in [0.2, 0.25) is 5.02 Å². The molecule has 2 rings (SSSR count). The molecule has 0 unspecified atom stereocenters. The van der Waals surface area contributed by atoms with Crippen molar-refractivity contribution in [2.75, 3.05) is 24.5 Å². The van der Waals surface area contributed by atoms with Crippen molar-refractivity contribution in [2.24, 2.45) is 5.41 Å². The van der Waals surface area contributed by atoms with Crippen LogP contribution in [0.4, 0.5) is 5.69 Å². The maximum atomic E-state index is 6.13. The number of hydrogen-bond donors (Lipinski definition) is 1. The second-order valence-corrected chi connectivity index (χ2v) is 7.08. The Hall–Kier alpha value is -0.730. The van der Waals surface area contributed by atoms with Gasteiger partial charge in [-0.25, -0.2) is 0 Å². The minimum Gasteiger partial charge on any atom is -0.365 e. The molecular formula is C15H23ClN2. The number of benzene rings is 1. The zero-order valence-electron chi connectivity index (χ0n) is 11.8. The predicted octanol–water partition coefficient (Wildman–Crippen LogP) is 3.55. The van der Waals surface area contributed by atoms with Gasteiger partial charge in [-0.2, -0.15) is 0 Å². The lowest BCUT2D eigenvalue weighted by Crippen LogP contribution is -2.49. The van der Waals surface area contributed by atoms with Crippen LogP contribution in [0.25, 0.3) is 0 Å². The Labute approximate surface area is 115 Å². The maximum Gasteiger partial charge on any atom is 0.0470 e. The summed E-state index contributed by atoms with van der Waals surface area (Å²) in [6.45, 7) is 12.2. The fourth-order valence-electron chi connectivity index (χ4n) is 2.58. The van der Waals surface area contributed by atoms with Gasteiger partial charge in [-0.1, -0.05) is 31.5 Å². The largest absolute Gasteiger partial charge is 0.365 e. The van der Waals surface area contributed by atoms with Crippen LogP contribution in [0.3, 0.4) is 0 Å². The zero-order chi connectivity index (χ0) is 13.4. The molecule has 0 aliphatic carbocycles. The van der Waals surface area contributed by atoms with E-state index in [-0.39, 0.29) is 11.0 Å². The summed E-state index contributed by atoms with van der Waals surface area (Å²) in [4.78, 5) is 2.47. The molecule has 1 saturated heterocycles. The molecule has 1 fully saturated rings. The third-order valence-electron chi connectivity index (χ3n) is 3.60. The van der Waals surface area contributed by atoms with Gasteiger partial charge in [-0.3, -0.25) is 0 Å². The number of nitrogens with zero attached hydrogens (tertiary/aromatic N) is 1. The van der Waals surface area contributed by atoms with Crippen molar-refractivity contribution in [1.82, 2.24) is 5.32 Å². The SMILES string of the molecule is CC1(C)CNCC(C)(C)N(c2cccc(Cl)c2)C1. The lowest BCUT2D eigenvalue weighted by atomic mass is 9.91. The maximum absolute atomic E-state index is 6.13. The van der Waals surface area contributed by atoms with E-state index in [1.807, 2.05) is 12.1 Å². The molecule has 0 bridgehead atoms. The van der Waals surface area contributed by atoms with Crippen LogP contribution in [0.1, 0.15) is 27.7 Å². The lowest BCUT2D eigenvalue weighted by Gasteiger charge is -2.41. The first-order chi connectivity index (χ1) is 8.30. The van der Waals surface area contributed by atoms with Crippen LogP contribution < -0.4 is 10.2 Å². The Kier molecular flexibility index (Phi) is 3.61. The van der Waals surface area contributed by atoms with Crippen LogP contribution in [0.5, 0.6) is 0 Å². The molecule has 1 aliphatic rings. The van der Waals surface area contributed by atoms with Gasteiger partial charge < -0.3 is 10.2 Å². The summed E-state index contributed by atoms with van der Waals surface area (Å²) in [5.41, 5.74) is 1.57. The van der Waals surface area contributed by atoms with E-state index in [1.54, 1.807) is 0 Å². The average molecular weight is 267 g/mol. The van der Waals surface area contributed by atoms with Gasteiger partial charge in [0.2, 0.25) is 0 Å². The smallest absolute Gasteiger partial charge is 0.0470 e. The molecular weight excluding hydrogens is 244 g/mol. The number of anilines is 1. The highest BCUT2D eigenvalue weighted by atomic mass is 35.5. The highest BCUT2D eigenvalue weighted by Crippen LogP contribution is 2.32. The van der Waals surface area contributed by atoms with Gasteiger partial charge in [0, 0.05) is 35.9 Å². The number of nitrogens with one attached hydrogen (secondary N) is 1. The molecule has 1 aromatic rings. The Morgan fingerprint density at radius 2 is 1.89 bits per heavy atom. The molecule has 0 saturated carbocycles. The molecule has 1 heterocycles. The second kappa shape index (κ2) is 4.75. The van der Waals surface area contributed by atoms with Gasteiger partial charge in [-0.05, 0) is 37.5 Å². The van der Waals surface area contributed by atoms with Crippen molar-refractivity contribution in [3.63, 3.8) is 0 Å². The monoisotopic (exact) mass is 266 g/mol. The second-order valence-electron chi connectivity index (χ2n) is 6.65. The summed E-state index contributed by atoms with van der Waals surface area (Å²) >= 11 is 6.13. The average Bonchev–Trinajstić information content (AvgIpc) is 2.35. The normalized spacial score (nSPS) is 22.6. The van der Waals surface area contributed by atoms with Crippen molar-refractivity contribution in [1.29, 1.82) is 0 Å². The van der Waals surface area contributed by atoms with Gasteiger partial charge in [0.05, 0.1) is 0 Å². The fourth-order valence-corrected chi connectivity index (χ4v) is 2.77. The van der Waals surface area contributed by atoms with Crippen LogP contribution in [0.15, 0.2) is 24.3 Å². The van der Waals surface area contributed by atoms with E-state index in [0.717, 1.165) is 24.7 Å². The molecule has 0 amide bonds. The van der Waals surface area contributed by atoms with Gasteiger partial charge in [0.15, 0.2) is 0 Å². The zero-order valence-corrected chi connectivity index (χ0v) is 12.5. The molecule has 0 spiro atoms. The molecule has 1 aliphatic heterocycles. The van der Waals surface area contributed by atoms with Crippen molar-refractivity contribution < 1.29 is 0 Å². The van der Waals surface area contributed by atoms with E-state index in [0.29, 0.717) is 0 Å². The third-order valence-corrected chi connectivity index (χ3v) is 3.83.